The number of aromatic nitrogens is 3. The van der Waals surface area contributed by atoms with Crippen LogP contribution < -0.4 is 15.0 Å². The molecule has 0 radical (unpaired) electrons. The van der Waals surface area contributed by atoms with E-state index in [1.165, 1.54) is 0 Å². The van der Waals surface area contributed by atoms with Gasteiger partial charge in [-0.15, -0.1) is 11.8 Å². The number of carbonyl (C=O) groups excluding carboxylic acids is 2. The fraction of sp³-hybridized carbons (Fsp3) is 0.448. The summed E-state index contributed by atoms with van der Waals surface area (Å²) in [6.07, 6.45) is 3.41. The maximum absolute atomic E-state index is 13.7. The highest BCUT2D eigenvalue weighted by Gasteiger charge is 2.42. The molecule has 0 unspecified atom stereocenters. The molecule has 202 valence electrons. The van der Waals surface area contributed by atoms with Crippen molar-refractivity contribution in [3.05, 3.63) is 71.2 Å². The zero-order valence-corrected chi connectivity index (χ0v) is 24.1. The van der Waals surface area contributed by atoms with Crippen LogP contribution in [0, 0.1) is 0 Å². The Bertz CT molecular complexity index is 1310. The third-order valence-electron chi connectivity index (χ3n) is 6.37. The standard InChI is InChI=1S/C29H37N5O3S/c1-28(2,3)26-24-25(20-12-8-9-13-21(20)37-7)38-18-23(36)33(27(24)34(32-26)29(4,5)6)17-22(35)31-16-19-11-10-14-30-15-19/h8-15,25H,16-18H2,1-7H3,(H,31,35)/t25-/m0/s1. The van der Waals surface area contributed by atoms with Gasteiger partial charge in [-0.3, -0.25) is 19.5 Å². The lowest BCUT2D eigenvalue weighted by Gasteiger charge is -2.29. The van der Waals surface area contributed by atoms with Gasteiger partial charge in [0.05, 0.1) is 29.3 Å². The van der Waals surface area contributed by atoms with Crippen LogP contribution in [0.15, 0.2) is 48.8 Å². The van der Waals surface area contributed by atoms with E-state index in [2.05, 4.69) is 51.8 Å². The Kier molecular flexibility index (Phi) is 7.88. The number of rotatable bonds is 6. The van der Waals surface area contributed by atoms with Gasteiger partial charge in [0.1, 0.15) is 18.1 Å². The average molecular weight is 536 g/mol. The van der Waals surface area contributed by atoms with Gasteiger partial charge in [0, 0.05) is 35.5 Å². The number of pyridine rings is 1. The predicted molar refractivity (Wildman–Crippen MR) is 152 cm³/mol. The quantitative estimate of drug-likeness (QED) is 0.487. The number of hydrogen-bond donors (Lipinski definition) is 1. The van der Waals surface area contributed by atoms with E-state index < -0.39 is 5.54 Å². The molecule has 4 rings (SSSR count). The van der Waals surface area contributed by atoms with Crippen molar-refractivity contribution in [1.82, 2.24) is 20.1 Å². The summed E-state index contributed by atoms with van der Waals surface area (Å²) >= 11 is 1.55. The van der Waals surface area contributed by atoms with E-state index in [0.29, 0.717) is 12.4 Å². The van der Waals surface area contributed by atoms with E-state index in [4.69, 9.17) is 9.84 Å². The van der Waals surface area contributed by atoms with Gasteiger partial charge in [-0.25, -0.2) is 4.68 Å². The fourth-order valence-electron chi connectivity index (χ4n) is 4.57. The van der Waals surface area contributed by atoms with Crippen LogP contribution in [0.25, 0.3) is 0 Å². The van der Waals surface area contributed by atoms with Crippen molar-refractivity contribution in [1.29, 1.82) is 0 Å². The summed E-state index contributed by atoms with van der Waals surface area (Å²) in [4.78, 5) is 32.6. The lowest BCUT2D eigenvalue weighted by Crippen LogP contribution is -2.43. The molecule has 8 nitrogen and oxygen atoms in total. The molecule has 1 N–H and O–H groups in total. The SMILES string of the molecule is COc1ccccc1[C@@H]1SCC(=O)N(CC(=O)NCc2cccnc2)c2c1c(C(C)(C)C)nn2C(C)(C)C. The highest BCUT2D eigenvalue weighted by molar-refractivity contribution is 8.00. The molecular weight excluding hydrogens is 498 g/mol. The lowest BCUT2D eigenvalue weighted by molar-refractivity contribution is -0.123. The molecule has 9 heteroatoms. The fourth-order valence-corrected chi connectivity index (χ4v) is 5.80. The van der Waals surface area contributed by atoms with Crippen LogP contribution in [0.5, 0.6) is 5.75 Å². The molecule has 2 aromatic heterocycles. The highest BCUT2D eigenvalue weighted by Crippen LogP contribution is 2.50. The molecule has 0 bridgehead atoms. The second-order valence-corrected chi connectivity index (χ2v) is 12.6. The Hall–Kier alpha value is -3.33. The van der Waals surface area contributed by atoms with Gasteiger partial charge in [0.2, 0.25) is 11.8 Å². The number of anilines is 1. The van der Waals surface area contributed by atoms with Crippen molar-refractivity contribution in [2.45, 2.75) is 64.3 Å². The van der Waals surface area contributed by atoms with E-state index in [1.807, 2.05) is 41.1 Å². The Morgan fingerprint density at radius 3 is 2.50 bits per heavy atom. The van der Waals surface area contributed by atoms with Gasteiger partial charge in [-0.05, 0) is 38.5 Å². The minimum absolute atomic E-state index is 0.101. The molecule has 3 heterocycles. The number of carbonyl (C=O) groups is 2. The largest absolute Gasteiger partial charge is 0.496 e. The van der Waals surface area contributed by atoms with Crippen LogP contribution in [0.3, 0.4) is 0 Å². The first-order valence-corrected chi connectivity index (χ1v) is 13.8. The van der Waals surface area contributed by atoms with Crippen LogP contribution in [0.4, 0.5) is 5.82 Å². The van der Waals surface area contributed by atoms with Crippen molar-refractivity contribution in [3.8, 4) is 5.75 Å². The summed E-state index contributed by atoms with van der Waals surface area (Å²) in [7, 11) is 1.66. The van der Waals surface area contributed by atoms with Crippen molar-refractivity contribution in [3.63, 3.8) is 0 Å². The van der Waals surface area contributed by atoms with Gasteiger partial charge in [0.25, 0.3) is 0 Å². The third kappa shape index (κ3) is 5.72. The van der Waals surface area contributed by atoms with E-state index in [0.717, 1.165) is 28.1 Å². The molecule has 1 atom stereocenters. The van der Waals surface area contributed by atoms with Crippen LogP contribution >= 0.6 is 11.8 Å². The first-order valence-electron chi connectivity index (χ1n) is 12.8. The molecule has 1 aliphatic rings. The number of fused-ring (bicyclic) bond motifs is 1. The van der Waals surface area contributed by atoms with Crippen LogP contribution in [-0.2, 0) is 27.1 Å². The van der Waals surface area contributed by atoms with Crippen molar-refractivity contribution in [2.24, 2.45) is 0 Å². The van der Waals surface area contributed by atoms with Crippen LogP contribution in [-0.4, -0.2) is 46.0 Å². The number of para-hydroxylation sites is 1. The summed E-state index contributed by atoms with van der Waals surface area (Å²) in [5, 5.41) is 7.87. The Labute approximate surface area is 229 Å². The van der Waals surface area contributed by atoms with E-state index >= 15 is 0 Å². The number of nitrogens with one attached hydrogen (secondary N) is 1. The molecule has 0 aliphatic carbocycles. The summed E-state index contributed by atoms with van der Waals surface area (Å²) in [5.74, 6) is 1.28. The third-order valence-corrected chi connectivity index (χ3v) is 7.61. The topological polar surface area (TPSA) is 89.3 Å². The minimum atomic E-state index is -0.432. The number of methoxy groups -OCH3 is 1. The molecule has 38 heavy (non-hydrogen) atoms. The molecule has 1 aromatic carbocycles. The normalized spacial score (nSPS) is 16.1. The molecule has 0 fully saturated rings. The minimum Gasteiger partial charge on any atom is -0.496 e. The van der Waals surface area contributed by atoms with E-state index in [9.17, 15) is 9.59 Å². The first-order chi connectivity index (χ1) is 17.9. The average Bonchev–Trinajstić information content (AvgIpc) is 3.23. The molecule has 2 amide bonds. The smallest absolute Gasteiger partial charge is 0.240 e. The molecule has 0 saturated heterocycles. The molecule has 0 spiro atoms. The van der Waals surface area contributed by atoms with Crippen molar-refractivity contribution in [2.75, 3.05) is 24.3 Å². The zero-order chi connectivity index (χ0) is 27.7. The Balaban J connectivity index is 1.85. The van der Waals surface area contributed by atoms with Gasteiger partial charge >= 0.3 is 0 Å². The molecule has 3 aromatic rings. The highest BCUT2D eigenvalue weighted by atomic mass is 32.2. The maximum Gasteiger partial charge on any atom is 0.240 e. The number of benzene rings is 1. The predicted octanol–water partition coefficient (Wildman–Crippen LogP) is 4.82. The Morgan fingerprint density at radius 1 is 1.13 bits per heavy atom. The van der Waals surface area contributed by atoms with Crippen LogP contribution in [0.2, 0.25) is 0 Å². The zero-order valence-electron chi connectivity index (χ0n) is 23.2. The number of hydrogen-bond acceptors (Lipinski definition) is 6. The van der Waals surface area contributed by atoms with E-state index in [1.54, 1.807) is 36.2 Å². The summed E-state index contributed by atoms with van der Waals surface area (Å²) in [6, 6.07) is 11.6. The monoisotopic (exact) mass is 535 g/mol. The summed E-state index contributed by atoms with van der Waals surface area (Å²) < 4.78 is 7.66. The number of thioether (sulfide) groups is 1. The van der Waals surface area contributed by atoms with Gasteiger partial charge in [-0.1, -0.05) is 45.0 Å². The molecule has 1 aliphatic heterocycles. The van der Waals surface area contributed by atoms with Gasteiger partial charge in [-0.2, -0.15) is 5.10 Å². The summed E-state index contributed by atoms with van der Waals surface area (Å²) in [6.45, 7) is 12.8. The number of amides is 2. The number of ether oxygens (including phenoxy) is 1. The molecule has 0 saturated carbocycles. The second kappa shape index (κ2) is 10.8. The second-order valence-electron chi connectivity index (χ2n) is 11.5. The van der Waals surface area contributed by atoms with Gasteiger partial charge in [0.15, 0.2) is 0 Å². The molecular formula is C29H37N5O3S. The van der Waals surface area contributed by atoms with Crippen LogP contribution in [0.1, 0.15) is 69.2 Å². The number of nitrogens with zero attached hydrogens (tertiary/aromatic N) is 4. The lowest BCUT2D eigenvalue weighted by atomic mass is 9.87. The van der Waals surface area contributed by atoms with Gasteiger partial charge < -0.3 is 10.1 Å². The summed E-state index contributed by atoms with van der Waals surface area (Å²) in [5.41, 5.74) is 3.00. The Morgan fingerprint density at radius 2 is 1.87 bits per heavy atom. The maximum atomic E-state index is 13.7. The van der Waals surface area contributed by atoms with Crippen molar-refractivity contribution >= 4 is 29.4 Å². The van der Waals surface area contributed by atoms with Crippen molar-refractivity contribution < 1.29 is 14.3 Å². The first kappa shape index (κ1) is 27.7. The van der Waals surface area contributed by atoms with E-state index in [-0.39, 0.29) is 34.8 Å².